The minimum absolute atomic E-state index is 0.0403. The van der Waals surface area contributed by atoms with Gasteiger partial charge in [0.25, 0.3) is 0 Å². The highest BCUT2D eigenvalue weighted by atomic mass is 16.5. The first kappa shape index (κ1) is 13.0. The first-order chi connectivity index (χ1) is 8.81. The maximum Gasteiger partial charge on any atom is 0.227 e. The average Bonchev–Trinajstić information content (AvgIpc) is 3.00. The lowest BCUT2D eigenvalue weighted by molar-refractivity contribution is -0.125. The van der Waals surface area contributed by atoms with E-state index in [1.54, 1.807) is 17.1 Å². The second-order valence-corrected chi connectivity index (χ2v) is 4.27. The predicted molar refractivity (Wildman–Crippen MR) is 64.8 cm³/mol. The van der Waals surface area contributed by atoms with E-state index in [-0.39, 0.29) is 17.9 Å². The molecule has 1 aliphatic rings. The van der Waals surface area contributed by atoms with Gasteiger partial charge in [-0.2, -0.15) is 0 Å². The third-order valence-corrected chi connectivity index (χ3v) is 3.00. The Kier molecular flexibility index (Phi) is 4.66. The minimum Gasteiger partial charge on any atom is -0.379 e. The molecule has 0 radical (unpaired) electrons. The van der Waals surface area contributed by atoms with Gasteiger partial charge < -0.3 is 15.4 Å². The van der Waals surface area contributed by atoms with Crippen LogP contribution in [0.5, 0.6) is 0 Å². The van der Waals surface area contributed by atoms with Crippen molar-refractivity contribution in [1.29, 1.82) is 0 Å². The Balaban J connectivity index is 1.73. The molecule has 2 heterocycles. The summed E-state index contributed by atoms with van der Waals surface area (Å²) in [5.41, 5.74) is 0. The number of nitrogens with one attached hydrogen (secondary N) is 2. The molecule has 1 saturated heterocycles. The van der Waals surface area contributed by atoms with Crippen LogP contribution in [0.3, 0.4) is 0 Å². The van der Waals surface area contributed by atoms with Gasteiger partial charge in [-0.1, -0.05) is 12.1 Å². The maximum absolute atomic E-state index is 12.0. The number of carbonyl (C=O) groups is 1. The van der Waals surface area contributed by atoms with Crippen LogP contribution in [0.25, 0.3) is 0 Å². The second kappa shape index (κ2) is 6.46. The van der Waals surface area contributed by atoms with E-state index in [1.807, 2.05) is 6.92 Å². The summed E-state index contributed by atoms with van der Waals surface area (Å²) in [7, 11) is 0. The second-order valence-electron chi connectivity index (χ2n) is 4.27. The quantitative estimate of drug-likeness (QED) is 0.681. The topological polar surface area (TPSA) is 81.1 Å². The molecule has 1 aromatic rings. The fraction of sp³-hybridized carbons (Fsp3) is 0.727. The van der Waals surface area contributed by atoms with Crippen LogP contribution in [-0.4, -0.2) is 53.2 Å². The molecular weight excluding hydrogens is 234 g/mol. The maximum atomic E-state index is 12.0. The molecule has 1 fully saturated rings. The van der Waals surface area contributed by atoms with Crippen molar-refractivity contribution >= 4 is 5.91 Å². The van der Waals surface area contributed by atoms with Crippen molar-refractivity contribution in [1.82, 2.24) is 25.6 Å². The SMILES string of the molecule is CCNC1COCC1C(=O)NCCn1ccnn1. The van der Waals surface area contributed by atoms with Crippen molar-refractivity contribution in [3.8, 4) is 0 Å². The van der Waals surface area contributed by atoms with Crippen molar-refractivity contribution in [2.45, 2.75) is 19.5 Å². The number of hydrogen-bond acceptors (Lipinski definition) is 5. The van der Waals surface area contributed by atoms with Gasteiger partial charge in [-0.3, -0.25) is 9.48 Å². The van der Waals surface area contributed by atoms with Gasteiger partial charge in [0.1, 0.15) is 0 Å². The Labute approximate surface area is 106 Å². The molecule has 0 bridgehead atoms. The highest BCUT2D eigenvalue weighted by molar-refractivity contribution is 5.79. The molecule has 1 aromatic heterocycles. The molecule has 7 nitrogen and oxygen atoms in total. The summed E-state index contributed by atoms with van der Waals surface area (Å²) in [6, 6.07) is 0.126. The van der Waals surface area contributed by atoms with E-state index in [0.717, 1.165) is 6.54 Å². The third-order valence-electron chi connectivity index (χ3n) is 3.00. The first-order valence-electron chi connectivity index (χ1n) is 6.24. The Hall–Kier alpha value is -1.47. The van der Waals surface area contributed by atoms with Crippen LogP contribution in [0, 0.1) is 5.92 Å². The largest absolute Gasteiger partial charge is 0.379 e. The monoisotopic (exact) mass is 253 g/mol. The molecule has 0 spiro atoms. The zero-order valence-corrected chi connectivity index (χ0v) is 10.5. The predicted octanol–water partition coefficient (Wildman–Crippen LogP) is -0.981. The summed E-state index contributed by atoms with van der Waals surface area (Å²) < 4.78 is 7.03. The van der Waals surface area contributed by atoms with Gasteiger partial charge in [0, 0.05) is 18.8 Å². The lowest BCUT2D eigenvalue weighted by Crippen LogP contribution is -2.44. The smallest absolute Gasteiger partial charge is 0.227 e. The van der Waals surface area contributed by atoms with Crippen molar-refractivity contribution in [2.75, 3.05) is 26.3 Å². The minimum atomic E-state index is -0.0966. The van der Waals surface area contributed by atoms with Gasteiger partial charge in [-0.05, 0) is 6.54 Å². The molecule has 18 heavy (non-hydrogen) atoms. The highest BCUT2D eigenvalue weighted by Gasteiger charge is 2.33. The molecule has 0 aromatic carbocycles. The van der Waals surface area contributed by atoms with E-state index in [2.05, 4.69) is 20.9 Å². The van der Waals surface area contributed by atoms with Crippen LogP contribution in [-0.2, 0) is 16.1 Å². The lowest BCUT2D eigenvalue weighted by Gasteiger charge is -2.17. The standard InChI is InChI=1S/C11H19N5O2/c1-2-12-10-8-18-7-9(10)11(17)13-3-5-16-6-4-14-15-16/h4,6,9-10,12H,2-3,5,7-8H2,1H3,(H,13,17). The van der Waals surface area contributed by atoms with Gasteiger partial charge in [0.15, 0.2) is 0 Å². The molecule has 2 unspecified atom stereocenters. The van der Waals surface area contributed by atoms with Crippen molar-refractivity contribution < 1.29 is 9.53 Å². The van der Waals surface area contributed by atoms with Crippen LogP contribution in [0.1, 0.15) is 6.92 Å². The molecule has 100 valence electrons. The van der Waals surface area contributed by atoms with Crippen LogP contribution >= 0.6 is 0 Å². The molecule has 7 heteroatoms. The van der Waals surface area contributed by atoms with Gasteiger partial charge in [0.2, 0.25) is 5.91 Å². The van der Waals surface area contributed by atoms with E-state index in [0.29, 0.717) is 26.3 Å². The molecule has 2 N–H and O–H groups in total. The Morgan fingerprint density at radius 2 is 2.44 bits per heavy atom. The number of likely N-dealkylation sites (N-methyl/N-ethyl adjacent to an activating group) is 1. The zero-order chi connectivity index (χ0) is 12.8. The van der Waals surface area contributed by atoms with Gasteiger partial charge in [-0.15, -0.1) is 5.10 Å². The highest BCUT2D eigenvalue weighted by Crippen LogP contribution is 2.13. The summed E-state index contributed by atoms with van der Waals surface area (Å²) in [5, 5.41) is 13.7. The molecule has 0 aliphatic carbocycles. The van der Waals surface area contributed by atoms with E-state index < -0.39 is 0 Å². The van der Waals surface area contributed by atoms with Crippen LogP contribution in [0.4, 0.5) is 0 Å². The van der Waals surface area contributed by atoms with Crippen molar-refractivity contribution in [3.63, 3.8) is 0 Å². The fourth-order valence-electron chi connectivity index (χ4n) is 2.05. The zero-order valence-electron chi connectivity index (χ0n) is 10.5. The lowest BCUT2D eigenvalue weighted by atomic mass is 10.0. The van der Waals surface area contributed by atoms with Crippen molar-refractivity contribution in [2.24, 2.45) is 5.92 Å². The van der Waals surface area contributed by atoms with Crippen LogP contribution in [0.15, 0.2) is 12.4 Å². The Morgan fingerprint density at radius 1 is 1.56 bits per heavy atom. The molecule has 1 aliphatic heterocycles. The number of rotatable bonds is 6. The van der Waals surface area contributed by atoms with Crippen LogP contribution in [0.2, 0.25) is 0 Å². The summed E-state index contributed by atoms with van der Waals surface area (Å²) >= 11 is 0. The number of hydrogen-bond donors (Lipinski definition) is 2. The van der Waals surface area contributed by atoms with Gasteiger partial charge in [0.05, 0.1) is 31.9 Å². The molecule has 2 rings (SSSR count). The molecule has 1 amide bonds. The summed E-state index contributed by atoms with van der Waals surface area (Å²) in [6.07, 6.45) is 3.39. The van der Waals surface area contributed by atoms with Crippen LogP contribution < -0.4 is 10.6 Å². The summed E-state index contributed by atoms with van der Waals surface area (Å²) in [6.45, 7) is 5.15. The average molecular weight is 253 g/mol. The number of amides is 1. The number of nitrogens with zero attached hydrogens (tertiary/aromatic N) is 3. The Bertz CT molecular complexity index is 368. The molecule has 0 saturated carbocycles. The fourth-order valence-corrected chi connectivity index (χ4v) is 2.05. The third kappa shape index (κ3) is 3.27. The number of aromatic nitrogens is 3. The van der Waals surface area contributed by atoms with E-state index in [1.165, 1.54) is 0 Å². The van der Waals surface area contributed by atoms with E-state index >= 15 is 0 Å². The van der Waals surface area contributed by atoms with Gasteiger partial charge >= 0.3 is 0 Å². The first-order valence-corrected chi connectivity index (χ1v) is 6.24. The molecule has 2 atom stereocenters. The molecular formula is C11H19N5O2. The Morgan fingerprint density at radius 3 is 3.17 bits per heavy atom. The summed E-state index contributed by atoms with van der Waals surface area (Å²) in [4.78, 5) is 12.0. The van der Waals surface area contributed by atoms with Gasteiger partial charge in [-0.25, -0.2) is 0 Å². The summed E-state index contributed by atoms with van der Waals surface area (Å²) in [5.74, 6) is -0.0562. The normalized spacial score (nSPS) is 23.2. The van der Waals surface area contributed by atoms with E-state index in [4.69, 9.17) is 4.74 Å². The van der Waals surface area contributed by atoms with E-state index in [9.17, 15) is 4.79 Å². The van der Waals surface area contributed by atoms with Crippen molar-refractivity contribution in [3.05, 3.63) is 12.4 Å². The number of ether oxygens (including phenoxy) is 1. The number of carbonyl (C=O) groups excluding carboxylic acids is 1.